The number of hydrogen-bond donors (Lipinski definition) is 1. The van der Waals surface area contributed by atoms with Crippen molar-refractivity contribution in [3.05, 3.63) is 47.5 Å². The minimum Gasteiger partial charge on any atom is -0.335 e. The first-order chi connectivity index (χ1) is 11.6. The van der Waals surface area contributed by atoms with Gasteiger partial charge in [0.15, 0.2) is 5.78 Å². The second-order valence-electron chi connectivity index (χ2n) is 5.64. The van der Waals surface area contributed by atoms with Crippen LogP contribution in [0.2, 0.25) is 0 Å². The Morgan fingerprint density at radius 1 is 1.17 bits per heavy atom. The fourth-order valence-electron chi connectivity index (χ4n) is 2.79. The maximum absolute atomic E-state index is 13.3. The molecule has 1 aromatic rings. The predicted octanol–water partition coefficient (Wildman–Crippen LogP) is 4.57. The standard InChI is InChI=1S/C18H26NO4P/c1-3-22-24(21,23-4-2)18(16-13-9-6-10-14-16)19-17(20)15-11-7-5-8-12-15/h6,9-11,13-14,18H,3-5,7-8,12H2,1-2H3,(H,19,20). The van der Waals surface area contributed by atoms with Crippen LogP contribution in [-0.2, 0) is 18.4 Å². The van der Waals surface area contributed by atoms with Gasteiger partial charge in [0.05, 0.1) is 13.2 Å². The van der Waals surface area contributed by atoms with Gasteiger partial charge in [-0.25, -0.2) is 0 Å². The number of carbonyl (C=O) groups is 1. The van der Waals surface area contributed by atoms with Crippen LogP contribution >= 0.6 is 7.60 Å². The molecule has 24 heavy (non-hydrogen) atoms. The van der Waals surface area contributed by atoms with Crippen molar-refractivity contribution in [3.8, 4) is 0 Å². The molecule has 0 aliphatic heterocycles. The van der Waals surface area contributed by atoms with Crippen molar-refractivity contribution in [3.63, 3.8) is 0 Å². The molecule has 1 aliphatic carbocycles. The maximum Gasteiger partial charge on any atom is 0.357 e. The zero-order valence-corrected chi connectivity index (χ0v) is 15.3. The van der Waals surface area contributed by atoms with E-state index in [1.54, 1.807) is 13.8 Å². The van der Waals surface area contributed by atoms with Crippen molar-refractivity contribution in [2.24, 2.45) is 0 Å². The van der Waals surface area contributed by atoms with Crippen LogP contribution in [0.4, 0.5) is 0 Å². The smallest absolute Gasteiger partial charge is 0.335 e. The number of amides is 1. The van der Waals surface area contributed by atoms with E-state index in [2.05, 4.69) is 5.32 Å². The Labute approximate surface area is 144 Å². The van der Waals surface area contributed by atoms with Gasteiger partial charge >= 0.3 is 7.60 Å². The summed E-state index contributed by atoms with van der Waals surface area (Å²) >= 11 is 0. The fraction of sp³-hybridized carbons (Fsp3) is 0.500. The monoisotopic (exact) mass is 351 g/mol. The third kappa shape index (κ3) is 4.79. The molecule has 1 amide bonds. The third-order valence-electron chi connectivity index (χ3n) is 3.90. The van der Waals surface area contributed by atoms with Crippen molar-refractivity contribution in [2.45, 2.75) is 45.3 Å². The van der Waals surface area contributed by atoms with Gasteiger partial charge in [0.1, 0.15) is 0 Å². The van der Waals surface area contributed by atoms with E-state index in [9.17, 15) is 9.36 Å². The number of benzene rings is 1. The lowest BCUT2D eigenvalue weighted by Crippen LogP contribution is -2.31. The van der Waals surface area contributed by atoms with Gasteiger partial charge in [-0.15, -0.1) is 0 Å². The molecule has 6 heteroatoms. The summed E-state index contributed by atoms with van der Waals surface area (Å²) in [7, 11) is -3.52. The number of allylic oxidation sites excluding steroid dienone is 1. The van der Waals surface area contributed by atoms with E-state index in [0.29, 0.717) is 5.56 Å². The first-order valence-corrected chi connectivity index (χ1v) is 10.2. The van der Waals surface area contributed by atoms with Gasteiger partial charge < -0.3 is 14.4 Å². The Balaban J connectivity index is 2.30. The molecule has 0 saturated carbocycles. The maximum atomic E-state index is 13.3. The molecule has 0 saturated heterocycles. The molecule has 1 aliphatic rings. The molecule has 0 aromatic heterocycles. The highest BCUT2D eigenvalue weighted by atomic mass is 31.2. The second-order valence-corrected chi connectivity index (χ2v) is 7.75. The summed E-state index contributed by atoms with van der Waals surface area (Å²) in [4.78, 5) is 12.6. The first-order valence-electron chi connectivity index (χ1n) is 8.54. The normalized spacial score (nSPS) is 16.3. The largest absolute Gasteiger partial charge is 0.357 e. The topological polar surface area (TPSA) is 64.6 Å². The van der Waals surface area contributed by atoms with Crippen LogP contribution in [0.5, 0.6) is 0 Å². The van der Waals surface area contributed by atoms with Crippen LogP contribution in [0.3, 0.4) is 0 Å². The number of carbonyl (C=O) groups excluding carboxylic acids is 1. The molecular weight excluding hydrogens is 325 g/mol. The average molecular weight is 351 g/mol. The predicted molar refractivity (Wildman–Crippen MR) is 94.7 cm³/mol. The average Bonchev–Trinajstić information content (AvgIpc) is 2.61. The van der Waals surface area contributed by atoms with Crippen LogP contribution < -0.4 is 5.32 Å². The summed E-state index contributed by atoms with van der Waals surface area (Å²) in [5, 5.41) is 2.89. The van der Waals surface area contributed by atoms with E-state index in [0.717, 1.165) is 31.3 Å². The van der Waals surface area contributed by atoms with Crippen LogP contribution in [-0.4, -0.2) is 19.1 Å². The van der Waals surface area contributed by atoms with Gasteiger partial charge in [-0.05, 0) is 45.1 Å². The van der Waals surface area contributed by atoms with E-state index < -0.39 is 13.4 Å². The number of hydrogen-bond acceptors (Lipinski definition) is 4. The lowest BCUT2D eigenvalue weighted by atomic mass is 9.99. The van der Waals surface area contributed by atoms with Gasteiger partial charge in [0.25, 0.3) is 0 Å². The number of rotatable bonds is 8. The highest BCUT2D eigenvalue weighted by Gasteiger charge is 2.38. The molecule has 0 bridgehead atoms. The lowest BCUT2D eigenvalue weighted by Gasteiger charge is -2.28. The van der Waals surface area contributed by atoms with Crippen molar-refractivity contribution in [1.82, 2.24) is 5.32 Å². The Morgan fingerprint density at radius 3 is 2.38 bits per heavy atom. The fourth-order valence-corrected chi connectivity index (χ4v) is 4.69. The molecule has 0 heterocycles. The summed E-state index contributed by atoms with van der Waals surface area (Å²) in [6, 6.07) is 9.21. The van der Waals surface area contributed by atoms with Gasteiger partial charge in [0, 0.05) is 5.57 Å². The zero-order chi connectivity index (χ0) is 17.4. The van der Waals surface area contributed by atoms with Crippen molar-refractivity contribution in [1.29, 1.82) is 0 Å². The second kappa shape index (κ2) is 9.16. The molecule has 1 aromatic carbocycles. The molecule has 0 radical (unpaired) electrons. The molecule has 1 atom stereocenters. The minimum atomic E-state index is -3.52. The van der Waals surface area contributed by atoms with Gasteiger partial charge in [0.2, 0.25) is 5.91 Å². The summed E-state index contributed by atoms with van der Waals surface area (Å²) in [5.41, 5.74) is 1.47. The summed E-state index contributed by atoms with van der Waals surface area (Å²) in [6.07, 6.45) is 5.74. The Morgan fingerprint density at radius 2 is 1.83 bits per heavy atom. The molecule has 5 nitrogen and oxygen atoms in total. The van der Waals surface area contributed by atoms with E-state index in [-0.39, 0.29) is 19.1 Å². The van der Waals surface area contributed by atoms with E-state index in [4.69, 9.17) is 9.05 Å². The molecule has 0 fully saturated rings. The highest BCUT2D eigenvalue weighted by Crippen LogP contribution is 2.59. The van der Waals surface area contributed by atoms with Gasteiger partial charge in [-0.1, -0.05) is 36.4 Å². The molecule has 1 unspecified atom stereocenters. The van der Waals surface area contributed by atoms with Crippen LogP contribution in [0, 0.1) is 0 Å². The Bertz CT molecular complexity index is 605. The molecule has 132 valence electrons. The van der Waals surface area contributed by atoms with E-state index in [1.165, 1.54) is 0 Å². The summed E-state index contributed by atoms with van der Waals surface area (Å²) in [6.45, 7) is 4.02. The zero-order valence-electron chi connectivity index (χ0n) is 14.4. The van der Waals surface area contributed by atoms with Gasteiger partial charge in [-0.2, -0.15) is 0 Å². The van der Waals surface area contributed by atoms with Crippen molar-refractivity contribution < 1.29 is 18.4 Å². The minimum absolute atomic E-state index is 0.191. The third-order valence-corrected chi connectivity index (χ3v) is 6.20. The molecule has 0 spiro atoms. The molecule has 2 rings (SSSR count). The molecular formula is C18H26NO4P. The number of nitrogens with one attached hydrogen (secondary N) is 1. The SMILES string of the molecule is CCOP(=O)(OCC)C(NC(=O)C1=CCCCC1)c1ccccc1. The quantitative estimate of drug-likeness (QED) is 0.697. The van der Waals surface area contributed by atoms with E-state index >= 15 is 0 Å². The lowest BCUT2D eigenvalue weighted by molar-refractivity contribution is -0.118. The van der Waals surface area contributed by atoms with Crippen LogP contribution in [0.15, 0.2) is 42.0 Å². The van der Waals surface area contributed by atoms with Crippen molar-refractivity contribution >= 4 is 13.5 Å². The highest BCUT2D eigenvalue weighted by molar-refractivity contribution is 7.54. The summed E-state index contributed by atoms with van der Waals surface area (Å²) in [5.74, 6) is -1.00. The Kier molecular flexibility index (Phi) is 7.22. The Hall–Kier alpha value is -1.42. The molecule has 1 N–H and O–H groups in total. The van der Waals surface area contributed by atoms with E-state index in [1.807, 2.05) is 36.4 Å². The first kappa shape index (κ1) is 18.9. The summed E-state index contributed by atoms with van der Waals surface area (Å²) < 4.78 is 24.2. The van der Waals surface area contributed by atoms with Crippen molar-refractivity contribution in [2.75, 3.05) is 13.2 Å². The van der Waals surface area contributed by atoms with Crippen LogP contribution in [0.1, 0.15) is 50.9 Å². The van der Waals surface area contributed by atoms with Gasteiger partial charge in [-0.3, -0.25) is 9.36 Å². The van der Waals surface area contributed by atoms with Crippen LogP contribution in [0.25, 0.3) is 0 Å².